The molecular weight excluding hydrogens is 144 g/mol. The van der Waals surface area contributed by atoms with Gasteiger partial charge < -0.3 is 4.79 Å². The fraction of sp³-hybridized carbons (Fsp3) is 0.750. The van der Waals surface area contributed by atoms with Gasteiger partial charge in [0, 0.05) is 0 Å². The van der Waals surface area contributed by atoms with E-state index in [0.29, 0.717) is 0 Å². The second-order valence-corrected chi connectivity index (χ2v) is 2.24. The Bertz CT molecular complexity index is 44.8. The number of alkyl halides is 1. The van der Waals surface area contributed by atoms with Crippen molar-refractivity contribution in [2.75, 3.05) is 0 Å². The molecule has 0 aromatic rings. The highest BCUT2D eigenvalue weighted by Gasteiger charge is 1.91. The summed E-state index contributed by atoms with van der Waals surface area (Å²) in [5.74, 6) is 0. The number of hydrogen-bond donors (Lipinski definition) is 0. The van der Waals surface area contributed by atoms with Crippen LogP contribution in [0.4, 0.5) is 0 Å². The maximum absolute atomic E-state index is 9.69. The van der Waals surface area contributed by atoms with Crippen LogP contribution in [0.5, 0.6) is 0 Å². The first kappa shape index (κ1) is 6.15. The summed E-state index contributed by atoms with van der Waals surface area (Å²) in [5.41, 5.74) is 0. The molecule has 0 fully saturated rings. The highest BCUT2D eigenvalue weighted by molar-refractivity contribution is 9.09. The summed E-state index contributed by atoms with van der Waals surface area (Å²) >= 11 is 3.11. The first-order chi connectivity index (χ1) is 2.81. The van der Waals surface area contributed by atoms with Crippen LogP contribution in [0.2, 0.25) is 0 Å². The molecule has 6 heavy (non-hydrogen) atoms. The van der Waals surface area contributed by atoms with E-state index in [4.69, 9.17) is 0 Å². The molecule has 2 heteroatoms. The van der Waals surface area contributed by atoms with Crippen LogP contribution in [0.15, 0.2) is 0 Å². The molecule has 0 amide bonds. The van der Waals surface area contributed by atoms with Gasteiger partial charge in [0.2, 0.25) is 0 Å². The largest absolute Gasteiger partial charge is 0.302 e. The molecule has 0 bridgehead atoms. The SMILES string of the molecule is CC[C@H](Br)C=O. The Morgan fingerprint density at radius 2 is 2.50 bits per heavy atom. The summed E-state index contributed by atoms with van der Waals surface area (Å²) in [6.45, 7) is 1.95. The lowest BCUT2D eigenvalue weighted by atomic mass is 10.4. The van der Waals surface area contributed by atoms with E-state index in [9.17, 15) is 4.79 Å². The van der Waals surface area contributed by atoms with Gasteiger partial charge in [-0.2, -0.15) is 0 Å². The fourth-order valence-electron chi connectivity index (χ4n) is 0.0962. The van der Waals surface area contributed by atoms with E-state index >= 15 is 0 Å². The summed E-state index contributed by atoms with van der Waals surface area (Å²) < 4.78 is 0. The van der Waals surface area contributed by atoms with Gasteiger partial charge >= 0.3 is 0 Å². The average molecular weight is 151 g/mol. The molecule has 0 aliphatic carbocycles. The Labute approximate surface area is 45.9 Å². The van der Waals surface area contributed by atoms with Crippen molar-refractivity contribution in [1.82, 2.24) is 0 Å². The van der Waals surface area contributed by atoms with Crippen molar-refractivity contribution >= 4 is 22.2 Å². The molecule has 0 aromatic heterocycles. The first-order valence-electron chi connectivity index (χ1n) is 1.90. The maximum atomic E-state index is 9.69. The van der Waals surface area contributed by atoms with Crippen molar-refractivity contribution in [3.05, 3.63) is 0 Å². The lowest BCUT2D eigenvalue weighted by Crippen LogP contribution is -1.93. The van der Waals surface area contributed by atoms with Gasteiger partial charge in [0.05, 0.1) is 4.83 Å². The zero-order valence-electron chi connectivity index (χ0n) is 3.65. The molecule has 0 aliphatic rings. The summed E-state index contributed by atoms with van der Waals surface area (Å²) in [6.07, 6.45) is 1.77. The van der Waals surface area contributed by atoms with Crippen LogP contribution < -0.4 is 0 Å². The fourth-order valence-corrected chi connectivity index (χ4v) is 0.0962. The number of carbonyl (C=O) groups excluding carboxylic acids is 1. The molecule has 36 valence electrons. The number of rotatable bonds is 2. The van der Waals surface area contributed by atoms with E-state index in [1.807, 2.05) is 6.92 Å². The zero-order chi connectivity index (χ0) is 4.99. The van der Waals surface area contributed by atoms with Crippen molar-refractivity contribution in [3.63, 3.8) is 0 Å². The monoisotopic (exact) mass is 150 g/mol. The normalized spacial score (nSPS) is 13.7. The highest BCUT2D eigenvalue weighted by Crippen LogP contribution is 1.97. The Morgan fingerprint density at radius 1 is 2.00 bits per heavy atom. The van der Waals surface area contributed by atoms with Crippen LogP contribution in [-0.4, -0.2) is 11.1 Å². The van der Waals surface area contributed by atoms with E-state index in [2.05, 4.69) is 15.9 Å². The van der Waals surface area contributed by atoms with Gasteiger partial charge in [-0.15, -0.1) is 0 Å². The minimum absolute atomic E-state index is 0.0671. The molecule has 1 nitrogen and oxygen atoms in total. The second-order valence-electron chi connectivity index (χ2n) is 1.06. The van der Waals surface area contributed by atoms with Crippen molar-refractivity contribution in [2.24, 2.45) is 0 Å². The smallest absolute Gasteiger partial charge is 0.133 e. The summed E-state index contributed by atoms with van der Waals surface area (Å²) in [7, 11) is 0. The Kier molecular flexibility index (Phi) is 3.43. The van der Waals surface area contributed by atoms with Crippen LogP contribution in [0, 0.1) is 0 Å². The van der Waals surface area contributed by atoms with Crippen LogP contribution >= 0.6 is 15.9 Å². The summed E-state index contributed by atoms with van der Waals surface area (Å²) in [4.78, 5) is 9.76. The van der Waals surface area contributed by atoms with Gasteiger partial charge in [-0.3, -0.25) is 0 Å². The number of aldehydes is 1. The number of halogens is 1. The minimum atomic E-state index is 0.0671. The van der Waals surface area contributed by atoms with Crippen molar-refractivity contribution in [2.45, 2.75) is 18.2 Å². The highest BCUT2D eigenvalue weighted by atomic mass is 79.9. The third-order valence-corrected chi connectivity index (χ3v) is 1.40. The van der Waals surface area contributed by atoms with E-state index < -0.39 is 0 Å². The van der Waals surface area contributed by atoms with Gasteiger partial charge in [0.25, 0.3) is 0 Å². The average Bonchev–Trinajstić information content (AvgIpc) is 1.65. The lowest BCUT2D eigenvalue weighted by molar-refractivity contribution is -0.107. The quantitative estimate of drug-likeness (QED) is 0.430. The van der Waals surface area contributed by atoms with Crippen LogP contribution in [0.3, 0.4) is 0 Å². The van der Waals surface area contributed by atoms with Gasteiger partial charge in [0.1, 0.15) is 6.29 Å². The predicted octanol–water partition coefficient (Wildman–Crippen LogP) is 1.36. The zero-order valence-corrected chi connectivity index (χ0v) is 5.23. The molecule has 0 radical (unpaired) electrons. The Hall–Kier alpha value is 0.150. The molecule has 0 aromatic carbocycles. The first-order valence-corrected chi connectivity index (χ1v) is 2.82. The van der Waals surface area contributed by atoms with Gasteiger partial charge in [0.15, 0.2) is 0 Å². The molecular formula is C4H7BrO. The van der Waals surface area contributed by atoms with E-state index in [1.54, 1.807) is 0 Å². The number of carbonyl (C=O) groups is 1. The molecule has 0 saturated heterocycles. The second kappa shape index (κ2) is 3.34. The topological polar surface area (TPSA) is 17.1 Å². The van der Waals surface area contributed by atoms with Crippen LogP contribution in [-0.2, 0) is 4.79 Å². The molecule has 0 aliphatic heterocycles. The molecule has 1 atom stereocenters. The standard InChI is InChI=1S/C4H7BrO/c1-2-4(5)3-6/h3-4H,2H2,1H3/t4-/m0/s1. The van der Waals surface area contributed by atoms with E-state index in [1.165, 1.54) is 0 Å². The lowest BCUT2D eigenvalue weighted by Gasteiger charge is -1.87. The van der Waals surface area contributed by atoms with Crippen molar-refractivity contribution in [3.8, 4) is 0 Å². The molecule has 0 unspecified atom stereocenters. The molecule has 0 rings (SSSR count). The Morgan fingerprint density at radius 3 is 2.50 bits per heavy atom. The summed E-state index contributed by atoms with van der Waals surface area (Å²) in [5, 5.41) is 0. The van der Waals surface area contributed by atoms with Gasteiger partial charge in [-0.05, 0) is 6.42 Å². The van der Waals surface area contributed by atoms with Crippen LogP contribution in [0.25, 0.3) is 0 Å². The number of hydrogen-bond acceptors (Lipinski definition) is 1. The van der Waals surface area contributed by atoms with Crippen LogP contribution in [0.1, 0.15) is 13.3 Å². The minimum Gasteiger partial charge on any atom is -0.302 e. The molecule has 0 spiro atoms. The van der Waals surface area contributed by atoms with E-state index in [0.717, 1.165) is 12.7 Å². The van der Waals surface area contributed by atoms with Gasteiger partial charge in [-0.25, -0.2) is 0 Å². The Balaban J connectivity index is 2.96. The summed E-state index contributed by atoms with van der Waals surface area (Å²) in [6, 6.07) is 0. The maximum Gasteiger partial charge on any atom is 0.133 e. The third-order valence-electron chi connectivity index (χ3n) is 0.538. The third kappa shape index (κ3) is 2.39. The molecule has 0 heterocycles. The van der Waals surface area contributed by atoms with E-state index in [-0.39, 0.29) is 4.83 Å². The van der Waals surface area contributed by atoms with Crippen molar-refractivity contribution in [1.29, 1.82) is 0 Å². The van der Waals surface area contributed by atoms with Crippen molar-refractivity contribution < 1.29 is 4.79 Å². The molecule has 0 N–H and O–H groups in total. The van der Waals surface area contributed by atoms with Gasteiger partial charge in [-0.1, -0.05) is 22.9 Å². The molecule has 0 saturated carbocycles. The predicted molar refractivity (Wildman–Crippen MR) is 29.1 cm³/mol.